The van der Waals surface area contributed by atoms with Crippen LogP contribution in [-0.4, -0.2) is 379 Å². The molecule has 0 nitrogen and oxygen atoms in total. The molecule has 0 bridgehead atoms. The maximum atomic E-state index is 0. The molecule has 0 amide bonds. The molecule has 0 aromatic heterocycles. The average Bonchev–Trinajstić information content (AvgIpc) is 0. The molecule has 0 spiro atoms. The Bertz CT molecular complexity index is 74.2. The molecule has 0 aliphatic carbocycles. The lowest BCUT2D eigenvalue weighted by molar-refractivity contribution is 2.50. The van der Waals surface area contributed by atoms with Crippen LogP contribution in [0.25, 0.3) is 0 Å². The zero-order valence-electron chi connectivity index (χ0n) is 26.0. The van der Waals surface area contributed by atoms with Gasteiger partial charge in [0, 0.05) is 389 Å². The van der Waals surface area contributed by atoms with Gasteiger partial charge in [0.2, 0.25) is 0 Å². The van der Waals surface area contributed by atoms with Gasteiger partial charge in [-0.25, -0.2) is 0 Å². The van der Waals surface area contributed by atoms with Crippen molar-refractivity contribution in [2.24, 2.45) is 0 Å². The van der Waals surface area contributed by atoms with Crippen LogP contribution in [0, 0.1) is 0 Å². The summed E-state index contributed by atoms with van der Waals surface area (Å²) >= 11 is 0. The predicted molar refractivity (Wildman–Crippen MR) is 355 cm³/mol. The number of hydrogen-bond donors (Lipinski definition) is 0. The molecule has 0 fully saturated rings. The van der Waals surface area contributed by atoms with Crippen LogP contribution >= 0.6 is 0 Å². The van der Waals surface area contributed by atoms with E-state index in [-0.39, 0.29) is 478 Å². The van der Waals surface area contributed by atoms with E-state index in [1.807, 2.05) is 0 Å². The summed E-state index contributed by atoms with van der Waals surface area (Å²) in [7, 11) is 0. The minimum absolute atomic E-state index is 0. The number of rotatable bonds is 0. The van der Waals surface area contributed by atoms with Crippen LogP contribution in [0.15, 0.2) is 0 Å². The molecule has 0 saturated heterocycles. The lowest BCUT2D eigenvalue weighted by atomic mass is 10.8. The first-order valence-electron chi connectivity index (χ1n) is 0. The minimum atomic E-state index is 0. The second-order valence-corrected chi connectivity index (χ2v) is 0. The van der Waals surface area contributed by atoms with Crippen molar-refractivity contribution in [2.45, 2.75) is 89.1 Å². The third kappa shape index (κ3) is 22400. The molecule has 0 aromatic carbocycles. The Labute approximate surface area is 475 Å². The van der Waals surface area contributed by atoms with E-state index < -0.39 is 0 Å². The highest BCUT2D eigenvalue weighted by atomic mass is 12.0. The zero-order chi connectivity index (χ0) is 0. The normalized spacial score (nSPS) is 0. The molecule has 0 rings (SSSR count). The molecular formula is C12H62B45. The Kier molecular flexibility index (Phi) is 9900000. The molecule has 45 heteroatoms. The Morgan fingerprint density at radius 3 is 0.0702 bits per heavy atom. The van der Waals surface area contributed by atoms with Gasteiger partial charge in [-0.1, -0.05) is 89.1 Å². The van der Waals surface area contributed by atoms with Gasteiger partial charge in [0.15, 0.2) is 0 Å². The summed E-state index contributed by atoms with van der Waals surface area (Å²) in [5, 5.41) is 0. The predicted octanol–water partition coefficient (Wildman–Crippen LogP) is -7.78. The lowest BCUT2D eigenvalue weighted by Crippen LogP contribution is -0.382. The van der Waals surface area contributed by atoms with E-state index >= 15 is 0 Å². The zero-order valence-corrected chi connectivity index (χ0v) is 26.0. The number of hydrogen-bond acceptors (Lipinski definition) is 0. The van der Waals surface area contributed by atoms with Crippen molar-refractivity contribution in [3.8, 4) is 0 Å². The lowest BCUT2D eigenvalue weighted by Gasteiger charge is -0.0786. The summed E-state index contributed by atoms with van der Waals surface area (Å²) < 4.78 is 0. The van der Waals surface area contributed by atoms with Gasteiger partial charge in [0.05, 0.1) is 0 Å². The first kappa shape index (κ1) is 24400. The maximum Gasteiger partial charge on any atom is 0 e. The van der Waals surface area contributed by atoms with Crippen molar-refractivity contribution in [1.82, 2.24) is 0 Å². The van der Waals surface area contributed by atoms with Gasteiger partial charge in [-0.3, -0.25) is 0 Å². The molecule has 57 heavy (non-hydrogen) atoms. The van der Waals surface area contributed by atoms with Crippen molar-refractivity contribution >= 4 is 379 Å². The van der Waals surface area contributed by atoms with E-state index in [1.165, 1.54) is 0 Å². The van der Waals surface area contributed by atoms with E-state index in [1.54, 1.807) is 0 Å². The van der Waals surface area contributed by atoms with Crippen molar-refractivity contribution < 1.29 is 9.99 Å². The van der Waals surface area contributed by atoms with E-state index in [0.717, 1.165) is 0 Å². The highest BCUT2D eigenvalue weighted by molar-refractivity contribution is 5.80. The largest absolute Gasteiger partial charge is 0.0776 e. The second-order valence-electron chi connectivity index (χ2n) is 0. The highest BCUT2D eigenvalue weighted by Gasteiger charge is 0.0487. The highest BCUT2D eigenvalue weighted by Crippen LogP contribution is 0.156. The SMILES string of the molecule is C.C.C.C.C.C.C.C.C.C.C.C.[2HH].[2HH].[2HH].[B].[B].[B].[B].[B].[B].[B].[B].[B].[B].[B].[B].[B].[B].[B].[B].[B].[B].[B].[B].[B].[B].[B].[B].[B].[B].[B].[B].[B].[B].[B].[B].[B].[B].[B].[B].[B].[B].[B].[B].[B].[B].[B].[B].[B].[HH].[HH].[HH].[HH]. The summed E-state index contributed by atoms with van der Waals surface area (Å²) in [5.41, 5.74) is 0. The maximum absolute atomic E-state index is 0. The van der Waals surface area contributed by atoms with Crippen molar-refractivity contribution in [2.75, 3.05) is 0 Å². The summed E-state index contributed by atoms with van der Waals surface area (Å²) in [6, 6.07) is 0. The van der Waals surface area contributed by atoms with Crippen LogP contribution in [0.3, 0.4) is 0 Å². The third-order valence-electron chi connectivity index (χ3n) is 0. The molecular weight excluding hydrogens is 631 g/mol. The van der Waals surface area contributed by atoms with E-state index in [2.05, 4.69) is 0 Å². The standard InChI is InChI=1S/12CH4.45B.7H2/h12*1H4;;;;;;;;;;;;;;;;;;;;;;;;;;;;;;;;;;;;;;;;;;;;;;7*1H/i;;;;;;;;;;;;;;;;;;;;;;;;;;;;;;;;;;;;;;;;;;;;;;;;;;;;;;;;;3*1+1;;;;. The molecule has 0 saturated carbocycles. The minimum Gasteiger partial charge on any atom is -0.0776 e. The third-order valence-corrected chi connectivity index (χ3v) is 0. The Balaban J connectivity index is 0. The van der Waals surface area contributed by atoms with Gasteiger partial charge in [-0.2, -0.15) is 0 Å². The van der Waals surface area contributed by atoms with E-state index in [4.69, 9.17) is 0 Å². The fraction of sp³-hybridized carbons (Fsp3) is 1.00. The van der Waals surface area contributed by atoms with Crippen LogP contribution in [0.4, 0.5) is 0 Å². The van der Waals surface area contributed by atoms with Crippen molar-refractivity contribution in [1.29, 1.82) is 0 Å². The topological polar surface area (TPSA) is 0 Å². The molecule has 0 aliphatic heterocycles. The summed E-state index contributed by atoms with van der Waals surface area (Å²) in [6.45, 7) is 0. The molecule has 0 N–H and O–H groups in total. The molecule has 135 radical (unpaired) electrons. The van der Waals surface area contributed by atoms with Crippen LogP contribution in [0.2, 0.25) is 0 Å². The van der Waals surface area contributed by atoms with Crippen LogP contribution in [-0.2, 0) is 0 Å². The van der Waals surface area contributed by atoms with Gasteiger partial charge in [0.25, 0.3) is 0 Å². The Morgan fingerprint density at radius 1 is 0.0702 bits per heavy atom. The summed E-state index contributed by atoms with van der Waals surface area (Å²) in [4.78, 5) is 0. The first-order chi connectivity index (χ1) is 0. The van der Waals surface area contributed by atoms with E-state index in [9.17, 15) is 0 Å². The molecule has 0 aromatic rings. The van der Waals surface area contributed by atoms with Gasteiger partial charge >= 0.3 is 0 Å². The Hall–Kier alpha value is 2.92. The molecule has 0 unspecified atom stereocenters. The van der Waals surface area contributed by atoms with Crippen LogP contribution in [0.5, 0.6) is 0 Å². The quantitative estimate of drug-likeness (QED) is 0.221. The average molecular weight is 696 g/mol. The van der Waals surface area contributed by atoms with Crippen LogP contribution < -0.4 is 0 Å². The van der Waals surface area contributed by atoms with Gasteiger partial charge in [-0.15, -0.1) is 0 Å². The van der Waals surface area contributed by atoms with E-state index in [0.29, 0.717) is 0 Å². The Morgan fingerprint density at radius 2 is 0.0702 bits per heavy atom. The fourth-order valence-corrected chi connectivity index (χ4v) is 0. The van der Waals surface area contributed by atoms with Gasteiger partial charge in [-0.05, 0) is 0 Å². The van der Waals surface area contributed by atoms with Crippen molar-refractivity contribution in [3.05, 3.63) is 0 Å². The summed E-state index contributed by atoms with van der Waals surface area (Å²) in [6.07, 6.45) is 0. The molecule has 0 aliphatic rings. The van der Waals surface area contributed by atoms with Crippen molar-refractivity contribution in [3.63, 3.8) is 0 Å². The molecule has 245 valence electrons. The summed E-state index contributed by atoms with van der Waals surface area (Å²) in [5.74, 6) is 0. The fourth-order valence-electron chi connectivity index (χ4n) is 0. The first-order valence-corrected chi connectivity index (χ1v) is 0. The molecule has 0 atom stereocenters. The molecule has 0 heterocycles. The smallest absolute Gasteiger partial charge is 0 e. The monoisotopic (exact) mass is 705 g/mol. The second kappa shape index (κ2) is 23200. The van der Waals surface area contributed by atoms with Crippen LogP contribution in [0.1, 0.15) is 99.1 Å². The van der Waals surface area contributed by atoms with Gasteiger partial charge in [0.1, 0.15) is 0 Å². The van der Waals surface area contributed by atoms with Gasteiger partial charge < -0.3 is 0 Å².